The standard InChI is InChI=1S/C21H25Cl2N5O2/c1-11-15(13-4-3-5-14(22)16(13)23)17(19(25)29)27-20(26-11)28-8-6-21(7-9-28)10-30-12(2)18(21)24/h3-5,12,18H,6-10,24H2,1-2H3,(H2,25,29)/t12-,18+/m0/s1. The molecule has 1 aromatic carbocycles. The Labute approximate surface area is 185 Å². The molecule has 30 heavy (non-hydrogen) atoms. The lowest BCUT2D eigenvalue weighted by atomic mass is 9.73. The van der Waals surface area contributed by atoms with Gasteiger partial charge in [0.15, 0.2) is 0 Å². The average molecular weight is 450 g/mol. The van der Waals surface area contributed by atoms with E-state index in [4.69, 9.17) is 39.4 Å². The Morgan fingerprint density at radius 3 is 2.57 bits per heavy atom. The van der Waals surface area contributed by atoms with E-state index in [1.54, 1.807) is 18.2 Å². The predicted octanol–water partition coefficient (Wildman–Crippen LogP) is 3.19. The summed E-state index contributed by atoms with van der Waals surface area (Å²) in [6.07, 6.45) is 1.84. The van der Waals surface area contributed by atoms with Gasteiger partial charge in [-0.05, 0) is 32.8 Å². The number of piperidine rings is 1. The van der Waals surface area contributed by atoms with Crippen LogP contribution in [-0.2, 0) is 4.74 Å². The van der Waals surface area contributed by atoms with E-state index < -0.39 is 5.91 Å². The highest BCUT2D eigenvalue weighted by molar-refractivity contribution is 6.43. The van der Waals surface area contributed by atoms with Gasteiger partial charge in [-0.25, -0.2) is 9.97 Å². The topological polar surface area (TPSA) is 107 Å². The van der Waals surface area contributed by atoms with E-state index in [9.17, 15) is 4.79 Å². The molecular weight excluding hydrogens is 425 g/mol. The van der Waals surface area contributed by atoms with Gasteiger partial charge in [-0.1, -0.05) is 35.3 Å². The van der Waals surface area contributed by atoms with Crippen molar-refractivity contribution in [2.24, 2.45) is 16.9 Å². The maximum atomic E-state index is 12.3. The van der Waals surface area contributed by atoms with Crippen molar-refractivity contribution in [3.8, 4) is 11.1 Å². The fraction of sp³-hybridized carbons (Fsp3) is 0.476. The van der Waals surface area contributed by atoms with Gasteiger partial charge in [-0.15, -0.1) is 0 Å². The number of carbonyl (C=O) groups is 1. The van der Waals surface area contributed by atoms with Crippen LogP contribution >= 0.6 is 23.2 Å². The van der Waals surface area contributed by atoms with Crippen LogP contribution < -0.4 is 16.4 Å². The van der Waals surface area contributed by atoms with E-state index in [2.05, 4.69) is 14.9 Å². The molecule has 2 aromatic rings. The molecule has 3 heterocycles. The molecule has 0 aliphatic carbocycles. The molecule has 1 aromatic heterocycles. The minimum Gasteiger partial charge on any atom is -0.376 e. The van der Waals surface area contributed by atoms with Crippen LogP contribution in [0.1, 0.15) is 35.9 Å². The molecule has 4 rings (SSSR count). The fourth-order valence-corrected chi connectivity index (χ4v) is 4.92. The maximum Gasteiger partial charge on any atom is 0.268 e. The third-order valence-electron chi connectivity index (χ3n) is 6.42. The highest BCUT2D eigenvalue weighted by Crippen LogP contribution is 2.42. The Morgan fingerprint density at radius 2 is 1.97 bits per heavy atom. The van der Waals surface area contributed by atoms with Crippen LogP contribution in [0.15, 0.2) is 18.2 Å². The van der Waals surface area contributed by atoms with Crippen molar-refractivity contribution in [2.45, 2.75) is 38.8 Å². The van der Waals surface area contributed by atoms with Crippen molar-refractivity contribution in [3.63, 3.8) is 0 Å². The number of halogens is 2. The van der Waals surface area contributed by atoms with Gasteiger partial charge in [0.2, 0.25) is 5.95 Å². The average Bonchev–Trinajstić information content (AvgIpc) is 2.99. The molecule has 0 unspecified atom stereocenters. The number of benzene rings is 1. The summed E-state index contributed by atoms with van der Waals surface area (Å²) in [6.45, 7) is 5.99. The molecular formula is C21H25Cl2N5O2. The molecule has 1 spiro atoms. The first-order valence-corrected chi connectivity index (χ1v) is 10.7. The van der Waals surface area contributed by atoms with Crippen LogP contribution in [0.3, 0.4) is 0 Å². The zero-order valence-electron chi connectivity index (χ0n) is 17.0. The Balaban J connectivity index is 1.67. The van der Waals surface area contributed by atoms with Crippen LogP contribution in [0.5, 0.6) is 0 Å². The summed E-state index contributed by atoms with van der Waals surface area (Å²) in [5, 5.41) is 0.726. The summed E-state index contributed by atoms with van der Waals surface area (Å²) in [4.78, 5) is 23.5. The molecule has 4 N–H and O–H groups in total. The van der Waals surface area contributed by atoms with Gasteiger partial charge in [0.1, 0.15) is 5.69 Å². The lowest BCUT2D eigenvalue weighted by molar-refractivity contribution is 0.0973. The highest BCUT2D eigenvalue weighted by atomic mass is 35.5. The van der Waals surface area contributed by atoms with E-state index in [-0.39, 0.29) is 23.3 Å². The highest BCUT2D eigenvalue weighted by Gasteiger charge is 2.47. The number of anilines is 1. The van der Waals surface area contributed by atoms with Crippen LogP contribution in [0.25, 0.3) is 11.1 Å². The monoisotopic (exact) mass is 449 g/mol. The van der Waals surface area contributed by atoms with Crippen molar-refractivity contribution in [2.75, 3.05) is 24.6 Å². The van der Waals surface area contributed by atoms with Gasteiger partial charge >= 0.3 is 0 Å². The van der Waals surface area contributed by atoms with Crippen LogP contribution in [0, 0.1) is 12.3 Å². The van der Waals surface area contributed by atoms with E-state index in [0.717, 1.165) is 25.9 Å². The summed E-state index contributed by atoms with van der Waals surface area (Å²) in [6, 6.07) is 5.25. The van der Waals surface area contributed by atoms with Gasteiger partial charge in [0.05, 0.1) is 28.5 Å². The number of rotatable bonds is 3. The molecule has 0 saturated carbocycles. The number of aryl methyl sites for hydroxylation is 1. The van der Waals surface area contributed by atoms with E-state index in [0.29, 0.717) is 39.4 Å². The smallest absolute Gasteiger partial charge is 0.268 e. The van der Waals surface area contributed by atoms with E-state index in [1.807, 2.05) is 13.8 Å². The molecule has 0 bridgehead atoms. The Bertz CT molecular complexity index is 992. The van der Waals surface area contributed by atoms with Crippen molar-refractivity contribution >= 4 is 35.1 Å². The first-order valence-electron chi connectivity index (χ1n) is 9.98. The Hall–Kier alpha value is -1.93. The molecule has 160 valence electrons. The lowest BCUT2D eigenvalue weighted by Gasteiger charge is -2.41. The second-order valence-electron chi connectivity index (χ2n) is 8.19. The summed E-state index contributed by atoms with van der Waals surface area (Å²) in [5.41, 5.74) is 13.9. The molecule has 2 aliphatic heterocycles. The minimum atomic E-state index is -0.638. The van der Waals surface area contributed by atoms with Crippen molar-refractivity contribution in [1.82, 2.24) is 9.97 Å². The number of nitrogens with two attached hydrogens (primary N) is 2. The van der Waals surface area contributed by atoms with Gasteiger partial charge in [0.25, 0.3) is 5.91 Å². The predicted molar refractivity (Wildman–Crippen MR) is 118 cm³/mol. The van der Waals surface area contributed by atoms with Gasteiger partial charge in [-0.2, -0.15) is 0 Å². The van der Waals surface area contributed by atoms with Gasteiger partial charge in [-0.3, -0.25) is 4.79 Å². The number of hydrogen-bond acceptors (Lipinski definition) is 6. The van der Waals surface area contributed by atoms with Crippen molar-refractivity contribution in [3.05, 3.63) is 39.6 Å². The largest absolute Gasteiger partial charge is 0.376 e. The number of amides is 1. The van der Waals surface area contributed by atoms with Crippen LogP contribution in [0.2, 0.25) is 10.0 Å². The normalized spacial score (nSPS) is 23.2. The zero-order chi connectivity index (χ0) is 21.6. The minimum absolute atomic E-state index is 0.00820. The van der Waals surface area contributed by atoms with Crippen LogP contribution in [-0.4, -0.2) is 47.7 Å². The molecule has 2 fully saturated rings. The quantitative estimate of drug-likeness (QED) is 0.744. The second-order valence-corrected chi connectivity index (χ2v) is 8.97. The van der Waals surface area contributed by atoms with Gasteiger partial charge < -0.3 is 21.1 Å². The Kier molecular flexibility index (Phi) is 5.66. The number of aromatic nitrogens is 2. The number of carbonyl (C=O) groups excluding carboxylic acids is 1. The number of nitrogens with zero attached hydrogens (tertiary/aromatic N) is 3. The lowest BCUT2D eigenvalue weighted by Crippen LogP contribution is -2.51. The Morgan fingerprint density at radius 1 is 1.27 bits per heavy atom. The number of hydrogen-bond donors (Lipinski definition) is 2. The number of ether oxygens (including phenoxy) is 1. The summed E-state index contributed by atoms with van der Waals surface area (Å²) in [5.74, 6) is -0.153. The molecule has 2 aliphatic rings. The summed E-state index contributed by atoms with van der Waals surface area (Å²) >= 11 is 12.6. The number of primary amides is 1. The van der Waals surface area contributed by atoms with Crippen molar-refractivity contribution in [1.29, 1.82) is 0 Å². The van der Waals surface area contributed by atoms with Crippen LogP contribution in [0.4, 0.5) is 5.95 Å². The third-order valence-corrected chi connectivity index (χ3v) is 7.24. The summed E-state index contributed by atoms with van der Waals surface area (Å²) < 4.78 is 5.80. The van der Waals surface area contributed by atoms with Gasteiger partial charge in [0, 0.05) is 35.7 Å². The zero-order valence-corrected chi connectivity index (χ0v) is 18.5. The second kappa shape index (κ2) is 7.96. The molecule has 2 atom stereocenters. The third kappa shape index (κ3) is 3.54. The SMILES string of the molecule is Cc1nc(N2CCC3(CC2)CO[C@@H](C)[C@H]3N)nc(C(N)=O)c1-c1cccc(Cl)c1Cl. The first kappa shape index (κ1) is 21.3. The summed E-state index contributed by atoms with van der Waals surface area (Å²) in [7, 11) is 0. The molecule has 9 heteroatoms. The molecule has 0 radical (unpaired) electrons. The van der Waals surface area contributed by atoms with E-state index in [1.165, 1.54) is 0 Å². The van der Waals surface area contributed by atoms with E-state index >= 15 is 0 Å². The molecule has 1 amide bonds. The molecule has 2 saturated heterocycles. The maximum absolute atomic E-state index is 12.3. The molecule has 7 nitrogen and oxygen atoms in total. The van der Waals surface area contributed by atoms with Crippen molar-refractivity contribution < 1.29 is 9.53 Å². The fourth-order valence-electron chi connectivity index (χ4n) is 4.52. The first-order chi connectivity index (χ1) is 14.2.